The number of hydrogen-bond donors (Lipinski definition) is 1. The molecule has 0 saturated heterocycles. The molecule has 23 heavy (non-hydrogen) atoms. The van der Waals surface area contributed by atoms with Crippen molar-refractivity contribution in [2.24, 2.45) is 0 Å². The minimum atomic E-state index is 0.373. The molecule has 2 heterocycles. The fourth-order valence-corrected chi connectivity index (χ4v) is 3.55. The molecular formula is C20H21BN2. The molecule has 1 N–H and O–H groups in total. The molecule has 0 saturated carbocycles. The van der Waals surface area contributed by atoms with Crippen LogP contribution in [0.5, 0.6) is 0 Å². The number of fused-ring (bicyclic) bond motifs is 3. The summed E-state index contributed by atoms with van der Waals surface area (Å²) in [5.74, 6) is 0.411. The molecule has 0 radical (unpaired) electrons. The molecule has 1 aromatic carbocycles. The second kappa shape index (κ2) is 5.66. The van der Waals surface area contributed by atoms with E-state index in [1.165, 1.54) is 28.1 Å². The third kappa shape index (κ3) is 2.57. The van der Waals surface area contributed by atoms with Gasteiger partial charge in [-0.05, 0) is 36.6 Å². The Morgan fingerprint density at radius 2 is 2.04 bits per heavy atom. The number of allylic oxidation sites excluding steroid dienone is 1. The Morgan fingerprint density at radius 1 is 1.22 bits per heavy atom. The number of H-pyrrole nitrogens is 1. The van der Waals surface area contributed by atoms with Crippen molar-refractivity contribution >= 4 is 19.6 Å². The molecule has 0 fully saturated rings. The molecule has 2 aromatic rings. The summed E-state index contributed by atoms with van der Waals surface area (Å²) in [6.45, 7) is 4.00. The lowest BCUT2D eigenvalue weighted by molar-refractivity contribution is 0.710. The van der Waals surface area contributed by atoms with Gasteiger partial charge in [-0.15, -0.1) is 12.1 Å². The Morgan fingerprint density at radius 3 is 2.83 bits per heavy atom. The Kier molecular flexibility index (Phi) is 3.49. The van der Waals surface area contributed by atoms with Gasteiger partial charge in [-0.3, -0.25) is 0 Å². The third-order valence-corrected chi connectivity index (χ3v) is 4.76. The third-order valence-electron chi connectivity index (χ3n) is 4.76. The standard InChI is InChI=1S/C20H21BN2/c1-14(21)7-9-16-13-15-8-10-19-18(20(15)22-16)11-12-23(19)17-5-3-2-4-6-17/h2-6,8,10-13,18-19,22H,1,7,9,21H2. The van der Waals surface area contributed by atoms with Crippen LogP contribution in [0, 0.1) is 0 Å². The van der Waals surface area contributed by atoms with Gasteiger partial charge in [0.1, 0.15) is 7.85 Å². The summed E-state index contributed by atoms with van der Waals surface area (Å²) in [5, 5.41) is 0. The van der Waals surface area contributed by atoms with E-state index in [9.17, 15) is 0 Å². The van der Waals surface area contributed by atoms with Gasteiger partial charge < -0.3 is 9.88 Å². The van der Waals surface area contributed by atoms with Crippen LogP contribution in [0.1, 0.15) is 29.3 Å². The Hall–Kier alpha value is -2.42. The number of aromatic amines is 1. The van der Waals surface area contributed by atoms with Crippen molar-refractivity contribution < 1.29 is 0 Å². The van der Waals surface area contributed by atoms with Gasteiger partial charge in [0.05, 0.1) is 6.04 Å². The predicted molar refractivity (Wildman–Crippen MR) is 100 cm³/mol. The molecule has 2 nitrogen and oxygen atoms in total. The molecule has 0 bridgehead atoms. The summed E-state index contributed by atoms with van der Waals surface area (Å²) in [4.78, 5) is 6.02. The van der Waals surface area contributed by atoms with Crippen molar-refractivity contribution in [2.75, 3.05) is 4.90 Å². The summed E-state index contributed by atoms with van der Waals surface area (Å²) in [7, 11) is 2.09. The van der Waals surface area contributed by atoms with E-state index in [1.54, 1.807) is 0 Å². The zero-order chi connectivity index (χ0) is 15.8. The monoisotopic (exact) mass is 300 g/mol. The SMILES string of the molecule is BC(=C)CCc1cc2c([nH]1)C1C=CN(c3ccccc3)C1C=C2. The molecule has 1 aromatic heterocycles. The Balaban J connectivity index is 1.60. The minimum Gasteiger partial charge on any atom is -0.361 e. The maximum absolute atomic E-state index is 4.00. The van der Waals surface area contributed by atoms with Gasteiger partial charge >= 0.3 is 0 Å². The first-order valence-electron chi connectivity index (χ1n) is 8.28. The fraction of sp³-hybridized carbons (Fsp3) is 0.200. The van der Waals surface area contributed by atoms with Gasteiger partial charge in [-0.25, -0.2) is 0 Å². The van der Waals surface area contributed by atoms with Crippen LogP contribution in [-0.4, -0.2) is 18.9 Å². The number of nitrogens with one attached hydrogen (secondary N) is 1. The van der Waals surface area contributed by atoms with E-state index in [2.05, 4.69) is 85.1 Å². The first kappa shape index (κ1) is 14.2. The van der Waals surface area contributed by atoms with Gasteiger partial charge in [0.15, 0.2) is 0 Å². The van der Waals surface area contributed by atoms with E-state index in [0.29, 0.717) is 12.0 Å². The zero-order valence-electron chi connectivity index (χ0n) is 13.5. The van der Waals surface area contributed by atoms with Crippen molar-refractivity contribution in [2.45, 2.75) is 24.8 Å². The second-order valence-corrected chi connectivity index (χ2v) is 6.58. The van der Waals surface area contributed by atoms with Crippen molar-refractivity contribution in [3.05, 3.63) is 83.8 Å². The molecular weight excluding hydrogens is 279 g/mol. The van der Waals surface area contributed by atoms with Crippen molar-refractivity contribution in [1.82, 2.24) is 4.98 Å². The van der Waals surface area contributed by atoms with Gasteiger partial charge in [0, 0.05) is 29.2 Å². The lowest BCUT2D eigenvalue weighted by Gasteiger charge is -2.29. The summed E-state index contributed by atoms with van der Waals surface area (Å²) < 4.78 is 0. The molecule has 3 heteroatoms. The number of rotatable bonds is 4. The number of hydrogen-bond acceptors (Lipinski definition) is 1. The lowest BCUT2D eigenvalue weighted by Crippen LogP contribution is -2.30. The summed E-state index contributed by atoms with van der Waals surface area (Å²) in [6, 6.07) is 13.3. The zero-order valence-corrected chi connectivity index (χ0v) is 13.5. The van der Waals surface area contributed by atoms with Gasteiger partial charge in [0.25, 0.3) is 0 Å². The maximum Gasteiger partial charge on any atom is 0.133 e. The van der Waals surface area contributed by atoms with E-state index in [0.717, 1.165) is 12.8 Å². The van der Waals surface area contributed by atoms with Gasteiger partial charge in [-0.1, -0.05) is 36.4 Å². The first-order valence-corrected chi connectivity index (χ1v) is 8.28. The number of aromatic nitrogens is 1. The van der Waals surface area contributed by atoms with Crippen LogP contribution in [0.25, 0.3) is 6.08 Å². The molecule has 2 atom stereocenters. The quantitative estimate of drug-likeness (QED) is 0.855. The Bertz CT molecular complexity index is 785. The Labute approximate surface area is 138 Å². The van der Waals surface area contributed by atoms with E-state index >= 15 is 0 Å². The van der Waals surface area contributed by atoms with Crippen LogP contribution in [0.15, 0.2) is 66.8 Å². The minimum absolute atomic E-state index is 0.373. The number of benzene rings is 1. The number of anilines is 1. The van der Waals surface area contributed by atoms with Gasteiger partial charge in [0.2, 0.25) is 0 Å². The molecule has 0 spiro atoms. The molecule has 114 valence electrons. The largest absolute Gasteiger partial charge is 0.361 e. The first-order chi connectivity index (χ1) is 11.2. The van der Waals surface area contributed by atoms with Crippen LogP contribution < -0.4 is 4.90 Å². The highest BCUT2D eigenvalue weighted by Gasteiger charge is 2.33. The smallest absolute Gasteiger partial charge is 0.133 e. The average Bonchev–Trinajstić information content (AvgIpc) is 3.17. The van der Waals surface area contributed by atoms with E-state index in [-0.39, 0.29) is 0 Å². The fourth-order valence-electron chi connectivity index (χ4n) is 3.55. The van der Waals surface area contributed by atoms with Crippen LogP contribution in [-0.2, 0) is 6.42 Å². The highest BCUT2D eigenvalue weighted by atomic mass is 15.2. The second-order valence-electron chi connectivity index (χ2n) is 6.58. The molecule has 4 rings (SSSR count). The van der Waals surface area contributed by atoms with Crippen molar-refractivity contribution in [3.63, 3.8) is 0 Å². The van der Waals surface area contributed by atoms with Crippen LogP contribution in [0.2, 0.25) is 0 Å². The van der Waals surface area contributed by atoms with E-state index in [1.807, 2.05) is 0 Å². The van der Waals surface area contributed by atoms with Crippen LogP contribution in [0.4, 0.5) is 5.69 Å². The maximum atomic E-state index is 4.00. The number of para-hydroxylation sites is 1. The normalized spacial score (nSPS) is 21.3. The summed E-state index contributed by atoms with van der Waals surface area (Å²) >= 11 is 0. The highest BCUT2D eigenvalue weighted by molar-refractivity contribution is 6.21. The topological polar surface area (TPSA) is 19.0 Å². The van der Waals surface area contributed by atoms with E-state index in [4.69, 9.17) is 0 Å². The lowest BCUT2D eigenvalue weighted by atomic mass is 9.90. The summed E-state index contributed by atoms with van der Waals surface area (Å²) in [6.07, 6.45) is 11.2. The number of nitrogens with zero attached hydrogens (tertiary/aromatic N) is 1. The predicted octanol–water partition coefficient (Wildman–Crippen LogP) is 3.61. The molecule has 2 aliphatic rings. The van der Waals surface area contributed by atoms with Crippen LogP contribution in [0.3, 0.4) is 0 Å². The number of aryl methyl sites for hydroxylation is 1. The van der Waals surface area contributed by atoms with Gasteiger partial charge in [-0.2, -0.15) is 0 Å². The van der Waals surface area contributed by atoms with Crippen molar-refractivity contribution in [1.29, 1.82) is 0 Å². The average molecular weight is 300 g/mol. The molecule has 2 unspecified atom stereocenters. The highest BCUT2D eigenvalue weighted by Crippen LogP contribution is 2.39. The molecule has 1 aliphatic heterocycles. The van der Waals surface area contributed by atoms with E-state index < -0.39 is 0 Å². The summed E-state index contributed by atoms with van der Waals surface area (Å²) in [5.41, 5.74) is 6.49. The molecule has 1 aliphatic carbocycles. The van der Waals surface area contributed by atoms with Crippen molar-refractivity contribution in [3.8, 4) is 0 Å². The molecule has 0 amide bonds. The van der Waals surface area contributed by atoms with Crippen LogP contribution >= 0.6 is 0 Å².